The number of nitrogens with zero attached hydrogens (tertiary/aromatic N) is 1. The van der Waals surface area contributed by atoms with E-state index < -0.39 is 0 Å². The van der Waals surface area contributed by atoms with E-state index in [-0.39, 0.29) is 5.41 Å². The standard InChI is InChI=1S/C18H20N2/c1-2-17-19-14-16(20-17)18(11-7-4-8-12-18)13-15-9-5-3-6-10-15/h3-11,14H,2,12-13H2,1H3,(H,19,20). The third-order valence-corrected chi connectivity index (χ3v) is 4.01. The van der Waals surface area contributed by atoms with Gasteiger partial charge in [0.15, 0.2) is 0 Å². The Morgan fingerprint density at radius 2 is 2.05 bits per heavy atom. The fourth-order valence-electron chi connectivity index (χ4n) is 2.85. The lowest BCUT2D eigenvalue weighted by molar-refractivity contribution is 0.519. The average Bonchev–Trinajstić information content (AvgIpc) is 2.99. The van der Waals surface area contributed by atoms with Crippen LogP contribution in [-0.4, -0.2) is 9.97 Å². The van der Waals surface area contributed by atoms with Crippen molar-refractivity contribution in [2.75, 3.05) is 0 Å². The van der Waals surface area contributed by atoms with Gasteiger partial charge in [0, 0.05) is 23.7 Å². The molecule has 2 heteroatoms. The smallest absolute Gasteiger partial charge is 0.105 e. The summed E-state index contributed by atoms with van der Waals surface area (Å²) in [7, 11) is 0. The summed E-state index contributed by atoms with van der Waals surface area (Å²) in [6.45, 7) is 2.13. The van der Waals surface area contributed by atoms with Crippen LogP contribution in [0.3, 0.4) is 0 Å². The van der Waals surface area contributed by atoms with E-state index in [1.165, 1.54) is 11.3 Å². The van der Waals surface area contributed by atoms with Crippen LogP contribution >= 0.6 is 0 Å². The van der Waals surface area contributed by atoms with Crippen LogP contribution in [0, 0.1) is 0 Å². The topological polar surface area (TPSA) is 28.7 Å². The van der Waals surface area contributed by atoms with E-state index in [2.05, 4.69) is 71.5 Å². The summed E-state index contributed by atoms with van der Waals surface area (Å²) in [5.41, 5.74) is 2.59. The highest BCUT2D eigenvalue weighted by Gasteiger charge is 2.31. The Hall–Kier alpha value is -2.09. The summed E-state index contributed by atoms with van der Waals surface area (Å²) in [6.07, 6.45) is 13.8. The number of aryl methyl sites for hydroxylation is 1. The first-order valence-corrected chi connectivity index (χ1v) is 7.25. The van der Waals surface area contributed by atoms with Crippen molar-refractivity contribution in [1.29, 1.82) is 0 Å². The van der Waals surface area contributed by atoms with Crippen LogP contribution in [-0.2, 0) is 18.3 Å². The molecule has 1 atom stereocenters. The van der Waals surface area contributed by atoms with Crippen molar-refractivity contribution in [3.63, 3.8) is 0 Å². The highest BCUT2D eigenvalue weighted by molar-refractivity contribution is 5.34. The molecule has 0 saturated heterocycles. The lowest BCUT2D eigenvalue weighted by Gasteiger charge is -2.30. The molecule has 0 spiro atoms. The largest absolute Gasteiger partial charge is 0.345 e. The van der Waals surface area contributed by atoms with Gasteiger partial charge in [0.1, 0.15) is 5.82 Å². The van der Waals surface area contributed by atoms with Crippen LogP contribution < -0.4 is 0 Å². The molecule has 102 valence electrons. The molecule has 1 aliphatic carbocycles. The zero-order chi connectivity index (χ0) is 13.8. The molecule has 2 aromatic rings. The van der Waals surface area contributed by atoms with E-state index in [9.17, 15) is 0 Å². The summed E-state index contributed by atoms with van der Waals surface area (Å²) in [5.74, 6) is 1.07. The monoisotopic (exact) mass is 264 g/mol. The normalized spacial score (nSPS) is 21.2. The Morgan fingerprint density at radius 1 is 1.20 bits per heavy atom. The predicted molar refractivity (Wildman–Crippen MR) is 82.7 cm³/mol. The minimum absolute atomic E-state index is 0.0104. The summed E-state index contributed by atoms with van der Waals surface area (Å²) in [4.78, 5) is 7.98. The van der Waals surface area contributed by atoms with Gasteiger partial charge >= 0.3 is 0 Å². The number of aromatic amines is 1. The number of allylic oxidation sites excluding steroid dienone is 4. The minimum atomic E-state index is 0.0104. The summed E-state index contributed by atoms with van der Waals surface area (Å²) in [6, 6.07) is 10.7. The van der Waals surface area contributed by atoms with Crippen molar-refractivity contribution < 1.29 is 0 Å². The maximum Gasteiger partial charge on any atom is 0.105 e. The molecular weight excluding hydrogens is 244 g/mol. The Balaban J connectivity index is 1.96. The molecule has 1 aromatic carbocycles. The Labute approximate surface area is 120 Å². The molecule has 0 fully saturated rings. The lowest BCUT2D eigenvalue weighted by Crippen LogP contribution is -2.27. The first-order chi connectivity index (χ1) is 9.82. The predicted octanol–water partition coefficient (Wildman–Crippen LogP) is 3.97. The van der Waals surface area contributed by atoms with Crippen molar-refractivity contribution >= 4 is 0 Å². The Bertz CT molecular complexity index is 622. The van der Waals surface area contributed by atoms with Gasteiger partial charge in [-0.05, 0) is 18.4 Å². The Morgan fingerprint density at radius 3 is 2.70 bits per heavy atom. The van der Waals surface area contributed by atoms with E-state index in [0.717, 1.165) is 25.1 Å². The average molecular weight is 264 g/mol. The third-order valence-electron chi connectivity index (χ3n) is 4.01. The van der Waals surface area contributed by atoms with Gasteiger partial charge in [-0.3, -0.25) is 0 Å². The highest BCUT2D eigenvalue weighted by Crippen LogP contribution is 2.35. The van der Waals surface area contributed by atoms with Crippen molar-refractivity contribution in [3.8, 4) is 0 Å². The minimum Gasteiger partial charge on any atom is -0.345 e. The maximum absolute atomic E-state index is 4.48. The highest BCUT2D eigenvalue weighted by atomic mass is 14.9. The fourth-order valence-corrected chi connectivity index (χ4v) is 2.85. The van der Waals surface area contributed by atoms with E-state index in [0.29, 0.717) is 0 Å². The zero-order valence-corrected chi connectivity index (χ0v) is 11.8. The molecule has 1 unspecified atom stereocenters. The first kappa shape index (κ1) is 12.9. The number of H-pyrrole nitrogens is 1. The van der Waals surface area contributed by atoms with Crippen molar-refractivity contribution in [3.05, 3.63) is 77.9 Å². The SMILES string of the molecule is CCc1ncc(C2(Cc3ccccc3)C=CC=CC2)[nH]1. The van der Waals surface area contributed by atoms with Gasteiger partial charge < -0.3 is 4.98 Å². The summed E-state index contributed by atoms with van der Waals surface area (Å²) < 4.78 is 0. The van der Waals surface area contributed by atoms with E-state index in [1.807, 2.05) is 6.20 Å². The second kappa shape index (κ2) is 5.49. The lowest BCUT2D eigenvalue weighted by atomic mass is 9.74. The molecule has 3 rings (SSSR count). The molecule has 0 saturated carbocycles. The van der Waals surface area contributed by atoms with E-state index in [1.54, 1.807) is 0 Å². The zero-order valence-electron chi connectivity index (χ0n) is 11.8. The fraction of sp³-hybridized carbons (Fsp3) is 0.278. The summed E-state index contributed by atoms with van der Waals surface area (Å²) in [5, 5.41) is 0. The van der Waals surface area contributed by atoms with Gasteiger partial charge in [0.2, 0.25) is 0 Å². The summed E-state index contributed by atoms with van der Waals surface area (Å²) >= 11 is 0. The number of aromatic nitrogens is 2. The molecule has 0 aliphatic heterocycles. The van der Waals surface area contributed by atoms with Crippen molar-refractivity contribution in [2.24, 2.45) is 0 Å². The molecule has 0 bridgehead atoms. The molecule has 0 amide bonds. The van der Waals surface area contributed by atoms with Crippen LogP contribution in [0.25, 0.3) is 0 Å². The molecule has 1 heterocycles. The van der Waals surface area contributed by atoms with Gasteiger partial charge in [-0.15, -0.1) is 0 Å². The number of imidazole rings is 1. The van der Waals surface area contributed by atoms with Gasteiger partial charge in [-0.2, -0.15) is 0 Å². The maximum atomic E-state index is 4.48. The number of rotatable bonds is 4. The van der Waals surface area contributed by atoms with Crippen molar-refractivity contribution in [2.45, 2.75) is 31.6 Å². The van der Waals surface area contributed by atoms with E-state index >= 15 is 0 Å². The quantitative estimate of drug-likeness (QED) is 0.889. The molecule has 20 heavy (non-hydrogen) atoms. The van der Waals surface area contributed by atoms with Crippen LogP contribution in [0.15, 0.2) is 60.8 Å². The number of nitrogens with one attached hydrogen (secondary N) is 1. The number of hydrogen-bond acceptors (Lipinski definition) is 1. The van der Waals surface area contributed by atoms with Crippen LogP contribution in [0.4, 0.5) is 0 Å². The van der Waals surface area contributed by atoms with Gasteiger partial charge in [-0.1, -0.05) is 61.6 Å². The van der Waals surface area contributed by atoms with Gasteiger partial charge in [-0.25, -0.2) is 4.98 Å². The molecule has 1 N–H and O–H groups in total. The molecule has 1 aliphatic rings. The van der Waals surface area contributed by atoms with Gasteiger partial charge in [0.05, 0.1) is 0 Å². The molecule has 0 radical (unpaired) electrons. The van der Waals surface area contributed by atoms with E-state index in [4.69, 9.17) is 0 Å². The molecule has 2 nitrogen and oxygen atoms in total. The Kier molecular flexibility index (Phi) is 3.55. The second-order valence-electron chi connectivity index (χ2n) is 5.41. The van der Waals surface area contributed by atoms with Gasteiger partial charge in [0.25, 0.3) is 0 Å². The van der Waals surface area contributed by atoms with Crippen LogP contribution in [0.2, 0.25) is 0 Å². The molecule has 1 aromatic heterocycles. The number of benzene rings is 1. The van der Waals surface area contributed by atoms with Crippen LogP contribution in [0.5, 0.6) is 0 Å². The number of hydrogen-bond donors (Lipinski definition) is 1. The second-order valence-corrected chi connectivity index (χ2v) is 5.41. The third kappa shape index (κ3) is 2.46. The van der Waals surface area contributed by atoms with Crippen LogP contribution in [0.1, 0.15) is 30.4 Å². The van der Waals surface area contributed by atoms with Crippen molar-refractivity contribution in [1.82, 2.24) is 9.97 Å². The first-order valence-electron chi connectivity index (χ1n) is 7.25. The molecular formula is C18H20N2.